The van der Waals surface area contributed by atoms with Gasteiger partial charge in [-0.05, 0) is 36.1 Å². The van der Waals surface area contributed by atoms with Gasteiger partial charge in [0.1, 0.15) is 11.0 Å². The molecule has 0 atom stereocenters. The second-order valence-corrected chi connectivity index (χ2v) is 5.91. The monoisotopic (exact) mass is 257 g/mol. The molecule has 0 aliphatic heterocycles. The smallest absolute Gasteiger partial charge is 0.207 e. The molecule has 0 spiro atoms. The van der Waals surface area contributed by atoms with Crippen molar-refractivity contribution in [3.8, 4) is 6.07 Å². The fourth-order valence-electron chi connectivity index (χ4n) is 1.61. The van der Waals surface area contributed by atoms with Gasteiger partial charge >= 0.3 is 0 Å². The molecule has 0 heterocycles. The highest BCUT2D eigenvalue weighted by Crippen LogP contribution is 2.24. The summed E-state index contributed by atoms with van der Waals surface area (Å²) in [6.07, 6.45) is 1.48. The summed E-state index contributed by atoms with van der Waals surface area (Å²) < 4.78 is 22.6. The zero-order valence-corrected chi connectivity index (χ0v) is 10.7. The van der Waals surface area contributed by atoms with Crippen LogP contribution in [-0.4, -0.2) is 8.42 Å². The Morgan fingerprint density at radius 1 is 1.25 bits per heavy atom. The van der Waals surface area contributed by atoms with Crippen LogP contribution in [0.2, 0.25) is 0 Å². The summed E-state index contributed by atoms with van der Waals surface area (Å²) in [5.41, 5.74) is 2.02. The van der Waals surface area contributed by atoms with Gasteiger partial charge in [-0.3, -0.25) is 0 Å². The topological polar surface area (TPSA) is 57.9 Å². The highest BCUT2D eigenvalue weighted by molar-refractivity contribution is 8.13. The van der Waals surface area contributed by atoms with E-state index in [9.17, 15) is 8.42 Å². The average molecular weight is 258 g/mol. The summed E-state index contributed by atoms with van der Waals surface area (Å²) in [6, 6.07) is 4.97. The minimum absolute atomic E-state index is 0.0919. The van der Waals surface area contributed by atoms with Gasteiger partial charge in [0.25, 0.3) is 9.05 Å². The number of benzene rings is 1. The van der Waals surface area contributed by atoms with Crippen molar-refractivity contribution in [2.45, 2.75) is 31.6 Å². The first-order valence-electron chi connectivity index (χ1n) is 4.94. The minimum atomic E-state index is -3.85. The number of hydrogen-bond acceptors (Lipinski definition) is 3. The Morgan fingerprint density at radius 2 is 1.75 bits per heavy atom. The van der Waals surface area contributed by atoms with Gasteiger partial charge in [-0.2, -0.15) is 5.26 Å². The molecular formula is C11H12ClNO2S. The minimum Gasteiger partial charge on any atom is -0.207 e. The Balaban J connectivity index is 3.58. The maximum absolute atomic E-state index is 11.3. The Morgan fingerprint density at radius 3 is 2.12 bits per heavy atom. The summed E-state index contributed by atoms with van der Waals surface area (Å²) in [4.78, 5) is -0.0919. The van der Waals surface area contributed by atoms with Gasteiger partial charge in [-0.25, -0.2) is 8.42 Å². The number of halogens is 1. The predicted octanol–water partition coefficient (Wildman–Crippen LogP) is 2.61. The molecule has 0 aliphatic carbocycles. The lowest BCUT2D eigenvalue weighted by Gasteiger charge is -2.09. The first kappa shape index (κ1) is 13.0. The molecule has 1 aromatic carbocycles. The van der Waals surface area contributed by atoms with Crippen LogP contribution in [0.1, 0.15) is 30.5 Å². The molecule has 16 heavy (non-hydrogen) atoms. The van der Waals surface area contributed by atoms with Crippen LogP contribution in [0.25, 0.3) is 0 Å². The number of aryl methyl sites for hydroxylation is 2. The number of hydrogen-bond donors (Lipinski definition) is 0. The molecule has 0 saturated heterocycles. The zero-order valence-electron chi connectivity index (χ0n) is 9.12. The second-order valence-electron chi connectivity index (χ2n) is 3.37. The van der Waals surface area contributed by atoms with Crippen molar-refractivity contribution in [3.63, 3.8) is 0 Å². The van der Waals surface area contributed by atoms with Crippen LogP contribution in [0.15, 0.2) is 17.0 Å². The average Bonchev–Trinajstić information content (AvgIpc) is 2.25. The van der Waals surface area contributed by atoms with E-state index in [1.54, 1.807) is 6.07 Å². The number of nitriles is 1. The lowest BCUT2D eigenvalue weighted by molar-refractivity contribution is 0.609. The molecule has 86 valence electrons. The Kier molecular flexibility index (Phi) is 3.95. The van der Waals surface area contributed by atoms with E-state index in [0.717, 1.165) is 17.5 Å². The van der Waals surface area contributed by atoms with Crippen LogP contribution in [0, 0.1) is 11.3 Å². The van der Waals surface area contributed by atoms with Crippen molar-refractivity contribution in [1.29, 1.82) is 5.26 Å². The van der Waals surface area contributed by atoms with Crippen molar-refractivity contribution >= 4 is 19.7 Å². The number of nitrogens with zero attached hydrogens (tertiary/aromatic N) is 1. The van der Waals surface area contributed by atoms with E-state index in [0.29, 0.717) is 6.42 Å². The third-order valence-corrected chi connectivity index (χ3v) is 3.81. The molecule has 0 bridgehead atoms. The van der Waals surface area contributed by atoms with Crippen LogP contribution in [0.5, 0.6) is 0 Å². The van der Waals surface area contributed by atoms with Crippen LogP contribution < -0.4 is 0 Å². The van der Waals surface area contributed by atoms with Gasteiger partial charge in [0.05, 0.1) is 5.56 Å². The first-order chi connectivity index (χ1) is 7.43. The molecular weight excluding hydrogens is 246 g/mol. The summed E-state index contributed by atoms with van der Waals surface area (Å²) in [6.45, 7) is 3.90. The summed E-state index contributed by atoms with van der Waals surface area (Å²) in [5, 5.41) is 8.89. The first-order valence-corrected chi connectivity index (χ1v) is 7.25. The lowest BCUT2D eigenvalue weighted by atomic mass is 10.0. The molecule has 0 amide bonds. The van der Waals surface area contributed by atoms with Gasteiger partial charge in [-0.1, -0.05) is 13.8 Å². The molecule has 0 unspecified atom stereocenters. The van der Waals surface area contributed by atoms with E-state index in [-0.39, 0.29) is 10.5 Å². The maximum atomic E-state index is 11.3. The van der Waals surface area contributed by atoms with Crippen molar-refractivity contribution < 1.29 is 8.42 Å². The third kappa shape index (κ3) is 2.55. The van der Waals surface area contributed by atoms with Crippen LogP contribution in [0.3, 0.4) is 0 Å². The molecule has 3 nitrogen and oxygen atoms in total. The molecule has 0 fully saturated rings. The summed E-state index contributed by atoms with van der Waals surface area (Å²) in [7, 11) is 1.43. The van der Waals surface area contributed by atoms with Gasteiger partial charge < -0.3 is 0 Å². The van der Waals surface area contributed by atoms with E-state index in [1.807, 2.05) is 19.9 Å². The van der Waals surface area contributed by atoms with Crippen molar-refractivity contribution in [3.05, 3.63) is 28.8 Å². The Hall–Kier alpha value is -1.05. The summed E-state index contributed by atoms with van der Waals surface area (Å²) >= 11 is 0. The van der Waals surface area contributed by atoms with E-state index in [4.69, 9.17) is 15.9 Å². The van der Waals surface area contributed by atoms with Crippen LogP contribution in [-0.2, 0) is 21.9 Å². The van der Waals surface area contributed by atoms with Crippen molar-refractivity contribution in [1.82, 2.24) is 0 Å². The second kappa shape index (κ2) is 4.86. The molecule has 0 N–H and O–H groups in total. The van der Waals surface area contributed by atoms with E-state index < -0.39 is 9.05 Å². The fraction of sp³-hybridized carbons (Fsp3) is 0.364. The van der Waals surface area contributed by atoms with Gasteiger partial charge in [-0.15, -0.1) is 0 Å². The molecule has 0 saturated carbocycles. The van der Waals surface area contributed by atoms with Crippen molar-refractivity contribution in [2.24, 2.45) is 0 Å². The van der Waals surface area contributed by atoms with E-state index in [1.165, 1.54) is 6.07 Å². The van der Waals surface area contributed by atoms with Gasteiger partial charge in [0.15, 0.2) is 0 Å². The highest BCUT2D eigenvalue weighted by Gasteiger charge is 2.18. The quantitative estimate of drug-likeness (QED) is 0.782. The van der Waals surface area contributed by atoms with E-state index >= 15 is 0 Å². The van der Waals surface area contributed by atoms with Gasteiger partial charge in [0.2, 0.25) is 0 Å². The highest BCUT2D eigenvalue weighted by atomic mass is 35.7. The van der Waals surface area contributed by atoms with Crippen LogP contribution >= 0.6 is 10.7 Å². The Labute approximate surface area is 100 Å². The normalized spacial score (nSPS) is 11.1. The molecule has 0 aliphatic rings. The third-order valence-electron chi connectivity index (χ3n) is 2.45. The SMILES string of the molecule is CCc1cc(C#N)c(S(=O)(=O)Cl)cc1CC. The maximum Gasteiger partial charge on any atom is 0.262 e. The molecule has 5 heteroatoms. The molecule has 0 aromatic heterocycles. The van der Waals surface area contributed by atoms with Crippen LogP contribution in [0.4, 0.5) is 0 Å². The van der Waals surface area contributed by atoms with Crippen molar-refractivity contribution in [2.75, 3.05) is 0 Å². The van der Waals surface area contributed by atoms with Gasteiger partial charge in [0, 0.05) is 10.7 Å². The van der Waals surface area contributed by atoms with E-state index in [2.05, 4.69) is 0 Å². The standard InChI is InChI=1S/C11H12ClNO2S/c1-3-8-5-10(7-13)11(16(12,14)15)6-9(8)4-2/h5-6H,3-4H2,1-2H3. The lowest BCUT2D eigenvalue weighted by Crippen LogP contribution is -2.01. The Bertz CT molecular complexity index is 544. The zero-order chi connectivity index (χ0) is 12.3. The molecule has 1 aromatic rings. The summed E-state index contributed by atoms with van der Waals surface area (Å²) in [5.74, 6) is 0. The largest absolute Gasteiger partial charge is 0.262 e. The molecule has 1 rings (SSSR count). The number of rotatable bonds is 3. The predicted molar refractivity (Wildman–Crippen MR) is 63.0 cm³/mol. The molecule has 0 radical (unpaired) electrons. The fourth-order valence-corrected chi connectivity index (χ4v) is 2.65.